The van der Waals surface area contributed by atoms with Crippen molar-refractivity contribution >= 4 is 17.2 Å². The van der Waals surface area contributed by atoms with Gasteiger partial charge in [0.1, 0.15) is 23.6 Å². The fraction of sp³-hybridized carbons (Fsp3) is 0.318. The third-order valence-electron chi connectivity index (χ3n) is 5.38. The van der Waals surface area contributed by atoms with Gasteiger partial charge in [-0.2, -0.15) is 0 Å². The zero-order valence-electron chi connectivity index (χ0n) is 17.2. The number of aromatic nitrogens is 1. The molecule has 0 aliphatic carbocycles. The van der Waals surface area contributed by atoms with Crippen LogP contribution in [0.15, 0.2) is 54.0 Å². The molecule has 0 spiro atoms. The monoisotopic (exact) mass is 425 g/mol. The maximum atomic E-state index is 6.73. The number of rotatable bonds is 7. The van der Waals surface area contributed by atoms with Gasteiger partial charge in [-0.15, -0.1) is 11.3 Å². The van der Waals surface area contributed by atoms with Gasteiger partial charge in [0.15, 0.2) is 0 Å². The van der Waals surface area contributed by atoms with Crippen molar-refractivity contribution in [3.8, 4) is 11.5 Å². The number of hydrogen-bond donors (Lipinski definition) is 2. The molecular formula is C22H27N5O2S. The number of ether oxygens (including phenoxy) is 2. The van der Waals surface area contributed by atoms with Gasteiger partial charge in [0, 0.05) is 35.8 Å². The highest BCUT2D eigenvalue weighted by Crippen LogP contribution is 2.35. The first-order valence-electron chi connectivity index (χ1n) is 9.83. The van der Waals surface area contributed by atoms with Crippen molar-refractivity contribution in [1.82, 2.24) is 9.88 Å². The summed E-state index contributed by atoms with van der Waals surface area (Å²) < 4.78 is 10.8. The Balaban J connectivity index is 1.63. The Labute approximate surface area is 180 Å². The summed E-state index contributed by atoms with van der Waals surface area (Å²) in [4.78, 5) is 10.1. The number of nitrogens with zero attached hydrogens (tertiary/aromatic N) is 3. The molecule has 0 fully saturated rings. The molecule has 30 heavy (non-hydrogen) atoms. The van der Waals surface area contributed by atoms with E-state index in [1.807, 2.05) is 30.3 Å². The van der Waals surface area contributed by atoms with E-state index in [0.717, 1.165) is 41.4 Å². The molecule has 0 saturated heterocycles. The third kappa shape index (κ3) is 4.13. The zero-order chi connectivity index (χ0) is 21.1. The van der Waals surface area contributed by atoms with Crippen LogP contribution in [-0.2, 0) is 13.0 Å². The molecule has 2 unspecified atom stereocenters. The molecule has 1 aromatic carbocycles. The normalized spacial score (nSPS) is 18.9. The van der Waals surface area contributed by atoms with Crippen molar-refractivity contribution in [2.24, 2.45) is 11.5 Å². The van der Waals surface area contributed by atoms with E-state index in [4.69, 9.17) is 20.9 Å². The highest BCUT2D eigenvalue weighted by atomic mass is 32.1. The molecule has 8 heteroatoms. The summed E-state index contributed by atoms with van der Waals surface area (Å²) in [5, 5.41) is 2.09. The molecular weight excluding hydrogens is 398 g/mol. The molecule has 4 rings (SSSR count). The van der Waals surface area contributed by atoms with E-state index in [1.54, 1.807) is 31.8 Å². The zero-order valence-corrected chi connectivity index (χ0v) is 18.0. The van der Waals surface area contributed by atoms with Crippen molar-refractivity contribution in [2.45, 2.75) is 25.4 Å². The molecule has 0 bridgehead atoms. The second-order valence-electron chi connectivity index (χ2n) is 7.19. The van der Waals surface area contributed by atoms with Gasteiger partial charge in [-0.3, -0.25) is 5.73 Å². The van der Waals surface area contributed by atoms with Crippen LogP contribution in [0.3, 0.4) is 0 Å². The second-order valence-corrected chi connectivity index (χ2v) is 8.22. The SMILES string of the molecule is COc1cc(CN2C(N)c3cccnc3N(CCc3cccs3)C2N)cc(OC)c1. The average Bonchev–Trinajstić information content (AvgIpc) is 3.30. The van der Waals surface area contributed by atoms with Gasteiger partial charge >= 0.3 is 0 Å². The standard InChI is InChI=1S/C22H27N5O2S/c1-28-16-11-15(12-17(13-16)29-2)14-27-20(23)19-6-3-8-25-21(19)26(22(27)24)9-7-18-5-4-10-30-18/h3-6,8,10-13,20,22H,7,9,14,23-24H2,1-2H3. The lowest BCUT2D eigenvalue weighted by Gasteiger charge is -2.46. The van der Waals surface area contributed by atoms with Crippen LogP contribution in [-0.4, -0.2) is 36.9 Å². The minimum atomic E-state index is -0.403. The summed E-state index contributed by atoms with van der Waals surface area (Å²) in [5.74, 6) is 2.33. The van der Waals surface area contributed by atoms with E-state index >= 15 is 0 Å². The largest absolute Gasteiger partial charge is 0.497 e. The molecule has 0 amide bonds. The van der Waals surface area contributed by atoms with Crippen LogP contribution in [0.4, 0.5) is 5.82 Å². The Hall–Kier alpha value is -2.65. The highest BCUT2D eigenvalue weighted by Gasteiger charge is 2.36. The summed E-state index contributed by atoms with van der Waals surface area (Å²) in [6, 6.07) is 14.0. The van der Waals surface area contributed by atoms with Crippen LogP contribution in [0.2, 0.25) is 0 Å². The van der Waals surface area contributed by atoms with Crippen LogP contribution in [0.5, 0.6) is 11.5 Å². The molecule has 3 aromatic rings. The lowest BCUT2D eigenvalue weighted by atomic mass is 10.1. The van der Waals surface area contributed by atoms with Gasteiger partial charge in [0.25, 0.3) is 0 Å². The molecule has 7 nitrogen and oxygen atoms in total. The van der Waals surface area contributed by atoms with Crippen LogP contribution >= 0.6 is 11.3 Å². The average molecular weight is 426 g/mol. The number of benzene rings is 1. The lowest BCUT2D eigenvalue weighted by Crippen LogP contribution is -2.60. The fourth-order valence-corrected chi connectivity index (χ4v) is 4.51. The predicted octanol–water partition coefficient (Wildman–Crippen LogP) is 2.92. The van der Waals surface area contributed by atoms with Crippen LogP contribution < -0.4 is 25.8 Å². The topological polar surface area (TPSA) is 89.9 Å². The van der Waals surface area contributed by atoms with E-state index in [0.29, 0.717) is 6.54 Å². The van der Waals surface area contributed by atoms with Gasteiger partial charge in [0.05, 0.1) is 20.4 Å². The van der Waals surface area contributed by atoms with Gasteiger partial charge in [-0.25, -0.2) is 9.88 Å². The number of nitrogens with two attached hydrogens (primary N) is 2. The maximum absolute atomic E-state index is 6.73. The minimum Gasteiger partial charge on any atom is -0.497 e. The summed E-state index contributed by atoms with van der Waals surface area (Å²) in [6.45, 7) is 1.32. The Morgan fingerprint density at radius 3 is 2.50 bits per heavy atom. The summed E-state index contributed by atoms with van der Waals surface area (Å²) in [6.07, 6.45) is 1.93. The van der Waals surface area contributed by atoms with E-state index in [1.165, 1.54) is 4.88 Å². The Kier molecular flexibility index (Phi) is 6.19. The minimum absolute atomic E-state index is 0.362. The summed E-state index contributed by atoms with van der Waals surface area (Å²) in [5.41, 5.74) is 15.4. The number of fused-ring (bicyclic) bond motifs is 1. The number of anilines is 1. The second kappa shape index (κ2) is 9.01. The first kappa shape index (κ1) is 20.6. The van der Waals surface area contributed by atoms with E-state index in [9.17, 15) is 0 Å². The van der Waals surface area contributed by atoms with Crippen LogP contribution in [0, 0.1) is 0 Å². The van der Waals surface area contributed by atoms with Crippen molar-refractivity contribution < 1.29 is 9.47 Å². The lowest BCUT2D eigenvalue weighted by molar-refractivity contribution is 0.112. The van der Waals surface area contributed by atoms with Crippen molar-refractivity contribution in [3.63, 3.8) is 0 Å². The number of hydrogen-bond acceptors (Lipinski definition) is 8. The molecule has 158 valence electrons. The Bertz CT molecular complexity index is 959. The van der Waals surface area contributed by atoms with Crippen molar-refractivity contribution in [3.05, 3.63) is 70.0 Å². The fourth-order valence-electron chi connectivity index (χ4n) is 3.81. The van der Waals surface area contributed by atoms with Crippen molar-refractivity contribution in [1.29, 1.82) is 0 Å². The van der Waals surface area contributed by atoms with Gasteiger partial charge in [0.2, 0.25) is 0 Å². The highest BCUT2D eigenvalue weighted by molar-refractivity contribution is 7.09. The van der Waals surface area contributed by atoms with Crippen LogP contribution in [0.1, 0.15) is 22.2 Å². The van der Waals surface area contributed by atoms with Crippen molar-refractivity contribution in [2.75, 3.05) is 25.7 Å². The smallest absolute Gasteiger partial charge is 0.137 e. The van der Waals surface area contributed by atoms with Gasteiger partial charge < -0.3 is 20.1 Å². The van der Waals surface area contributed by atoms with Crippen LogP contribution in [0.25, 0.3) is 0 Å². The molecule has 4 N–H and O–H groups in total. The third-order valence-corrected chi connectivity index (χ3v) is 6.32. The Morgan fingerprint density at radius 1 is 1.07 bits per heavy atom. The van der Waals surface area contributed by atoms with E-state index < -0.39 is 6.29 Å². The first-order valence-corrected chi connectivity index (χ1v) is 10.7. The molecule has 1 aliphatic heterocycles. The van der Waals surface area contributed by atoms with E-state index in [-0.39, 0.29) is 6.17 Å². The molecule has 3 heterocycles. The number of thiophene rings is 1. The molecule has 0 saturated carbocycles. The maximum Gasteiger partial charge on any atom is 0.137 e. The molecule has 2 aromatic heterocycles. The van der Waals surface area contributed by atoms with E-state index in [2.05, 4.69) is 32.3 Å². The summed E-state index contributed by atoms with van der Waals surface area (Å²) in [7, 11) is 3.29. The van der Waals surface area contributed by atoms with Gasteiger partial charge in [-0.1, -0.05) is 12.1 Å². The quantitative estimate of drug-likeness (QED) is 0.601. The Morgan fingerprint density at radius 2 is 1.83 bits per heavy atom. The first-order chi connectivity index (χ1) is 14.6. The number of methoxy groups -OCH3 is 2. The molecule has 0 radical (unpaired) electrons. The van der Waals surface area contributed by atoms with Gasteiger partial charge in [-0.05, 0) is 41.6 Å². The molecule has 2 atom stereocenters. The number of pyridine rings is 1. The summed E-state index contributed by atoms with van der Waals surface area (Å²) >= 11 is 1.75. The predicted molar refractivity (Wildman–Crippen MR) is 120 cm³/mol. The molecule has 1 aliphatic rings.